The molecule has 3 heteroatoms. The predicted molar refractivity (Wildman–Crippen MR) is 92.2 cm³/mol. The summed E-state index contributed by atoms with van der Waals surface area (Å²) in [5, 5.41) is 3.38. The van der Waals surface area contributed by atoms with E-state index < -0.39 is 0 Å². The molecule has 0 aliphatic heterocycles. The second-order valence-electron chi connectivity index (χ2n) is 5.26. The normalized spacial score (nSPS) is 10.3. The Morgan fingerprint density at radius 1 is 0.913 bits per heavy atom. The lowest BCUT2D eigenvalue weighted by Gasteiger charge is -2.10. The summed E-state index contributed by atoms with van der Waals surface area (Å²) < 4.78 is 18.6. The number of hydrogen-bond donors (Lipinski definition) is 1. The monoisotopic (exact) mass is 307 g/mol. The van der Waals surface area contributed by atoms with Gasteiger partial charge in [0.25, 0.3) is 0 Å². The highest BCUT2D eigenvalue weighted by atomic mass is 19.1. The van der Waals surface area contributed by atoms with Crippen LogP contribution in [0.3, 0.4) is 0 Å². The van der Waals surface area contributed by atoms with Crippen molar-refractivity contribution in [3.63, 3.8) is 0 Å². The molecule has 0 amide bonds. The molecule has 0 fully saturated rings. The maximum Gasteiger partial charge on any atom is 0.129 e. The largest absolute Gasteiger partial charge is 0.496 e. The van der Waals surface area contributed by atoms with Crippen molar-refractivity contribution in [1.29, 1.82) is 0 Å². The van der Waals surface area contributed by atoms with Crippen LogP contribution in [0.2, 0.25) is 0 Å². The fourth-order valence-corrected chi connectivity index (χ4v) is 2.47. The van der Waals surface area contributed by atoms with Crippen LogP contribution in [-0.2, 0) is 6.54 Å². The van der Waals surface area contributed by atoms with Gasteiger partial charge >= 0.3 is 0 Å². The lowest BCUT2D eigenvalue weighted by Crippen LogP contribution is -1.98. The summed E-state index contributed by atoms with van der Waals surface area (Å²) in [6.45, 7) is 0.755. The number of methoxy groups -OCH3 is 1. The first-order chi connectivity index (χ1) is 11.3. The van der Waals surface area contributed by atoms with Crippen LogP contribution < -0.4 is 10.1 Å². The number of benzene rings is 3. The molecule has 0 atom stereocenters. The number of hydrogen-bond acceptors (Lipinski definition) is 2. The number of rotatable bonds is 5. The SMILES string of the molecule is COc1cc(F)ccc1-c1ccc(CNc2ccccc2)cc1. The van der Waals surface area contributed by atoms with E-state index in [2.05, 4.69) is 17.4 Å². The molecule has 3 aromatic carbocycles. The van der Waals surface area contributed by atoms with Crippen molar-refractivity contribution in [2.75, 3.05) is 12.4 Å². The van der Waals surface area contributed by atoms with E-state index in [-0.39, 0.29) is 5.82 Å². The molecule has 0 saturated carbocycles. The van der Waals surface area contributed by atoms with E-state index in [9.17, 15) is 4.39 Å². The Kier molecular flexibility index (Phi) is 4.57. The zero-order valence-electron chi connectivity index (χ0n) is 12.9. The molecule has 116 valence electrons. The highest BCUT2D eigenvalue weighted by Gasteiger charge is 2.07. The van der Waals surface area contributed by atoms with Gasteiger partial charge in [-0.05, 0) is 35.4 Å². The van der Waals surface area contributed by atoms with Crippen molar-refractivity contribution in [3.05, 3.63) is 84.2 Å². The van der Waals surface area contributed by atoms with Crippen LogP contribution in [-0.4, -0.2) is 7.11 Å². The molecule has 0 spiro atoms. The minimum Gasteiger partial charge on any atom is -0.496 e. The second-order valence-corrected chi connectivity index (χ2v) is 5.26. The van der Waals surface area contributed by atoms with Gasteiger partial charge in [0.2, 0.25) is 0 Å². The molecule has 0 bridgehead atoms. The summed E-state index contributed by atoms with van der Waals surface area (Å²) in [7, 11) is 1.55. The highest BCUT2D eigenvalue weighted by molar-refractivity contribution is 5.70. The van der Waals surface area contributed by atoms with Gasteiger partial charge in [-0.3, -0.25) is 0 Å². The van der Waals surface area contributed by atoms with Gasteiger partial charge in [-0.1, -0.05) is 42.5 Å². The van der Waals surface area contributed by atoms with E-state index in [0.29, 0.717) is 5.75 Å². The molecule has 0 radical (unpaired) electrons. The molecular weight excluding hydrogens is 289 g/mol. The van der Waals surface area contributed by atoms with Gasteiger partial charge in [0, 0.05) is 23.9 Å². The lowest BCUT2D eigenvalue weighted by molar-refractivity contribution is 0.413. The summed E-state index contributed by atoms with van der Waals surface area (Å²) in [4.78, 5) is 0. The number of nitrogens with one attached hydrogen (secondary N) is 1. The standard InChI is InChI=1S/C20H18FNO/c1-23-20-13-17(21)11-12-19(20)16-9-7-15(8-10-16)14-22-18-5-3-2-4-6-18/h2-13,22H,14H2,1H3. The van der Waals surface area contributed by atoms with Crippen LogP contribution in [0.4, 0.5) is 10.1 Å². The van der Waals surface area contributed by atoms with Crippen LogP contribution >= 0.6 is 0 Å². The van der Waals surface area contributed by atoms with E-state index in [1.165, 1.54) is 17.7 Å². The molecule has 0 aliphatic rings. The van der Waals surface area contributed by atoms with Gasteiger partial charge in [0.1, 0.15) is 11.6 Å². The van der Waals surface area contributed by atoms with Gasteiger partial charge in [0.15, 0.2) is 0 Å². The molecule has 23 heavy (non-hydrogen) atoms. The maximum absolute atomic E-state index is 13.3. The van der Waals surface area contributed by atoms with Crippen LogP contribution in [0.5, 0.6) is 5.75 Å². The lowest BCUT2D eigenvalue weighted by atomic mass is 10.0. The molecule has 2 nitrogen and oxygen atoms in total. The van der Waals surface area contributed by atoms with Crippen molar-refractivity contribution in [1.82, 2.24) is 0 Å². The number of anilines is 1. The first-order valence-electron chi connectivity index (χ1n) is 7.48. The second kappa shape index (κ2) is 6.97. The minimum atomic E-state index is -0.297. The summed E-state index contributed by atoms with van der Waals surface area (Å²) in [5.74, 6) is 0.245. The predicted octanol–water partition coefficient (Wildman–Crippen LogP) is 5.11. The summed E-state index contributed by atoms with van der Waals surface area (Å²) in [6.07, 6.45) is 0. The smallest absolute Gasteiger partial charge is 0.129 e. The Hall–Kier alpha value is -2.81. The molecule has 0 heterocycles. The van der Waals surface area contributed by atoms with Crippen LogP contribution in [0.1, 0.15) is 5.56 Å². The molecular formula is C20H18FNO. The molecule has 0 unspecified atom stereocenters. The molecule has 3 rings (SSSR count). The third kappa shape index (κ3) is 3.69. The van der Waals surface area contributed by atoms with E-state index in [4.69, 9.17) is 4.74 Å². The minimum absolute atomic E-state index is 0.297. The summed E-state index contributed by atoms with van der Waals surface area (Å²) in [6, 6.07) is 22.9. The van der Waals surface area contributed by atoms with Crippen molar-refractivity contribution in [2.24, 2.45) is 0 Å². The molecule has 0 aliphatic carbocycles. The fraction of sp³-hybridized carbons (Fsp3) is 0.100. The Morgan fingerprint density at radius 2 is 1.65 bits per heavy atom. The summed E-state index contributed by atoms with van der Waals surface area (Å²) >= 11 is 0. The zero-order chi connectivity index (χ0) is 16.1. The Balaban J connectivity index is 1.74. The Morgan fingerprint density at radius 3 is 2.35 bits per heavy atom. The highest BCUT2D eigenvalue weighted by Crippen LogP contribution is 2.30. The van der Waals surface area contributed by atoms with Gasteiger partial charge in [-0.25, -0.2) is 4.39 Å². The van der Waals surface area contributed by atoms with Crippen LogP contribution in [0.25, 0.3) is 11.1 Å². The van der Waals surface area contributed by atoms with Gasteiger partial charge in [0.05, 0.1) is 7.11 Å². The average molecular weight is 307 g/mol. The number of ether oxygens (including phenoxy) is 1. The van der Waals surface area contributed by atoms with Crippen molar-refractivity contribution in [3.8, 4) is 16.9 Å². The van der Waals surface area contributed by atoms with E-state index in [1.807, 2.05) is 42.5 Å². The number of para-hydroxylation sites is 1. The van der Waals surface area contributed by atoms with Crippen molar-refractivity contribution < 1.29 is 9.13 Å². The molecule has 0 aromatic heterocycles. The van der Waals surface area contributed by atoms with Crippen LogP contribution in [0, 0.1) is 5.82 Å². The van der Waals surface area contributed by atoms with Gasteiger partial charge < -0.3 is 10.1 Å². The molecule has 3 aromatic rings. The molecule has 1 N–H and O–H groups in total. The maximum atomic E-state index is 13.3. The Bertz CT molecular complexity index is 769. The van der Waals surface area contributed by atoms with E-state index in [0.717, 1.165) is 23.4 Å². The topological polar surface area (TPSA) is 21.3 Å². The number of halogens is 1. The first kappa shape index (κ1) is 15.1. The zero-order valence-corrected chi connectivity index (χ0v) is 12.9. The third-order valence-electron chi connectivity index (χ3n) is 3.70. The van der Waals surface area contributed by atoms with E-state index >= 15 is 0 Å². The van der Waals surface area contributed by atoms with Crippen molar-refractivity contribution in [2.45, 2.75) is 6.54 Å². The molecule has 0 saturated heterocycles. The van der Waals surface area contributed by atoms with Gasteiger partial charge in [-0.15, -0.1) is 0 Å². The van der Waals surface area contributed by atoms with E-state index in [1.54, 1.807) is 13.2 Å². The Labute approximate surface area is 135 Å². The van der Waals surface area contributed by atoms with Crippen molar-refractivity contribution >= 4 is 5.69 Å². The van der Waals surface area contributed by atoms with Gasteiger partial charge in [-0.2, -0.15) is 0 Å². The quantitative estimate of drug-likeness (QED) is 0.707. The summed E-state index contributed by atoms with van der Waals surface area (Å²) in [5.41, 5.74) is 4.16. The average Bonchev–Trinajstić information content (AvgIpc) is 2.61. The fourth-order valence-electron chi connectivity index (χ4n) is 2.47. The first-order valence-corrected chi connectivity index (χ1v) is 7.48. The van der Waals surface area contributed by atoms with Crippen LogP contribution in [0.15, 0.2) is 72.8 Å². The third-order valence-corrected chi connectivity index (χ3v) is 3.70.